The van der Waals surface area contributed by atoms with Crippen LogP contribution in [0, 0.1) is 13.8 Å². The van der Waals surface area contributed by atoms with Gasteiger partial charge in [0.25, 0.3) is 0 Å². The van der Waals surface area contributed by atoms with Crippen LogP contribution in [-0.2, 0) is 28.8 Å². The molecule has 9 heteroatoms. The maximum absolute atomic E-state index is 12.7. The molecule has 0 unspecified atom stereocenters. The number of carbonyl (C=O) groups excluding carboxylic acids is 1. The molecule has 2 heterocycles. The standard InChI is InChI=1S/C26H34F3N3O3/c1-6-34-24(33)25(4,5)35-23-18(2)13-20(14-19(23)3)16-31-9-11-32(12-10-31)17-22-8-7-21(15-30-22)26(27,28)29/h7-8,13-15H,6,9-12,16-17H2,1-5H3. The van der Waals surface area contributed by atoms with Gasteiger partial charge >= 0.3 is 12.1 Å². The van der Waals surface area contributed by atoms with E-state index in [1.165, 1.54) is 11.6 Å². The van der Waals surface area contributed by atoms with E-state index in [0.717, 1.165) is 56.1 Å². The summed E-state index contributed by atoms with van der Waals surface area (Å²) in [6, 6.07) is 6.71. The number of piperazine rings is 1. The molecular weight excluding hydrogens is 459 g/mol. The lowest BCUT2D eigenvalue weighted by Crippen LogP contribution is -2.45. The minimum atomic E-state index is -4.37. The van der Waals surface area contributed by atoms with Gasteiger partial charge in [0, 0.05) is 45.5 Å². The van der Waals surface area contributed by atoms with Gasteiger partial charge in [-0.1, -0.05) is 12.1 Å². The number of benzene rings is 1. The van der Waals surface area contributed by atoms with E-state index in [2.05, 4.69) is 26.9 Å². The van der Waals surface area contributed by atoms with Crippen LogP contribution in [0.2, 0.25) is 0 Å². The van der Waals surface area contributed by atoms with Crippen molar-refractivity contribution >= 4 is 5.97 Å². The Bertz CT molecular complexity index is 992. The molecule has 1 aliphatic rings. The molecule has 0 spiro atoms. The van der Waals surface area contributed by atoms with Crippen molar-refractivity contribution in [2.24, 2.45) is 0 Å². The van der Waals surface area contributed by atoms with Gasteiger partial charge in [0.1, 0.15) is 5.75 Å². The molecular formula is C26H34F3N3O3. The Kier molecular flexibility index (Phi) is 8.43. The molecule has 1 aliphatic heterocycles. The molecule has 6 nitrogen and oxygen atoms in total. The van der Waals surface area contributed by atoms with Crippen LogP contribution < -0.4 is 4.74 Å². The second-order valence-corrected chi connectivity index (χ2v) is 9.48. The highest BCUT2D eigenvalue weighted by Gasteiger charge is 2.33. The number of hydrogen-bond acceptors (Lipinski definition) is 6. The van der Waals surface area contributed by atoms with Gasteiger partial charge in [0.05, 0.1) is 17.9 Å². The van der Waals surface area contributed by atoms with Gasteiger partial charge in [-0.2, -0.15) is 13.2 Å². The molecule has 0 amide bonds. The summed E-state index contributed by atoms with van der Waals surface area (Å²) in [5.74, 6) is 0.299. The molecule has 1 saturated heterocycles. The minimum Gasteiger partial charge on any atom is -0.476 e. The third kappa shape index (κ3) is 7.18. The SMILES string of the molecule is CCOC(=O)C(C)(C)Oc1c(C)cc(CN2CCN(Cc3ccc(C(F)(F)F)cn3)CC2)cc1C. The summed E-state index contributed by atoms with van der Waals surface area (Å²) in [6.07, 6.45) is -3.47. The van der Waals surface area contributed by atoms with Crippen LogP contribution in [0.3, 0.4) is 0 Å². The fourth-order valence-corrected chi connectivity index (χ4v) is 4.17. The number of nitrogens with zero attached hydrogens (tertiary/aromatic N) is 3. The van der Waals surface area contributed by atoms with E-state index >= 15 is 0 Å². The lowest BCUT2D eigenvalue weighted by molar-refractivity contribution is -0.158. The monoisotopic (exact) mass is 493 g/mol. The van der Waals surface area contributed by atoms with Crippen LogP contribution >= 0.6 is 0 Å². The van der Waals surface area contributed by atoms with E-state index in [1.54, 1.807) is 20.8 Å². The molecule has 1 fully saturated rings. The van der Waals surface area contributed by atoms with Crippen molar-refractivity contribution in [3.8, 4) is 5.75 Å². The van der Waals surface area contributed by atoms with E-state index < -0.39 is 23.3 Å². The summed E-state index contributed by atoms with van der Waals surface area (Å²) in [7, 11) is 0. The molecule has 0 radical (unpaired) electrons. The van der Waals surface area contributed by atoms with Crippen LogP contribution in [0.4, 0.5) is 13.2 Å². The Hall–Kier alpha value is -2.65. The number of pyridine rings is 1. The van der Waals surface area contributed by atoms with Gasteiger partial charge in [0.2, 0.25) is 0 Å². The number of aryl methyl sites for hydroxylation is 2. The van der Waals surface area contributed by atoms with Crippen molar-refractivity contribution in [3.63, 3.8) is 0 Å². The Balaban J connectivity index is 1.55. The van der Waals surface area contributed by atoms with Crippen LogP contribution in [0.1, 0.15) is 48.7 Å². The molecule has 1 aromatic carbocycles. The van der Waals surface area contributed by atoms with E-state index in [4.69, 9.17) is 9.47 Å². The van der Waals surface area contributed by atoms with E-state index in [0.29, 0.717) is 24.6 Å². The molecule has 0 bridgehead atoms. The first kappa shape index (κ1) is 26.9. The van der Waals surface area contributed by atoms with Gasteiger partial charge in [-0.15, -0.1) is 0 Å². The minimum absolute atomic E-state index is 0.302. The van der Waals surface area contributed by atoms with Crippen LogP contribution in [0.15, 0.2) is 30.5 Å². The fraction of sp³-hybridized carbons (Fsp3) is 0.538. The molecule has 0 N–H and O–H groups in total. The number of carbonyl (C=O) groups is 1. The molecule has 192 valence electrons. The van der Waals surface area contributed by atoms with Crippen LogP contribution in [0.5, 0.6) is 5.75 Å². The number of halogens is 3. The maximum Gasteiger partial charge on any atom is 0.417 e. The summed E-state index contributed by atoms with van der Waals surface area (Å²) in [5, 5.41) is 0. The summed E-state index contributed by atoms with van der Waals surface area (Å²) in [5.41, 5.74) is 1.93. The van der Waals surface area contributed by atoms with Gasteiger partial charge in [0.15, 0.2) is 5.60 Å². The topological polar surface area (TPSA) is 54.9 Å². The summed E-state index contributed by atoms with van der Waals surface area (Å²) in [6.45, 7) is 14.1. The average molecular weight is 494 g/mol. The average Bonchev–Trinajstić information content (AvgIpc) is 2.78. The second-order valence-electron chi connectivity index (χ2n) is 9.48. The highest BCUT2D eigenvalue weighted by atomic mass is 19.4. The largest absolute Gasteiger partial charge is 0.476 e. The quantitative estimate of drug-likeness (QED) is 0.495. The van der Waals surface area contributed by atoms with E-state index in [-0.39, 0.29) is 0 Å². The summed E-state index contributed by atoms with van der Waals surface area (Å²) < 4.78 is 49.4. The summed E-state index contributed by atoms with van der Waals surface area (Å²) >= 11 is 0. The zero-order chi connectivity index (χ0) is 25.8. The van der Waals surface area contributed by atoms with Crippen LogP contribution in [0.25, 0.3) is 0 Å². The van der Waals surface area contributed by atoms with Crippen molar-refractivity contribution < 1.29 is 27.4 Å². The van der Waals surface area contributed by atoms with Crippen molar-refractivity contribution in [1.82, 2.24) is 14.8 Å². The first-order valence-electron chi connectivity index (χ1n) is 11.8. The van der Waals surface area contributed by atoms with E-state index in [9.17, 15) is 18.0 Å². The molecule has 0 saturated carbocycles. The molecule has 2 aromatic rings. The van der Waals surface area contributed by atoms with Crippen molar-refractivity contribution in [3.05, 3.63) is 58.4 Å². The second kappa shape index (κ2) is 11.0. The van der Waals surface area contributed by atoms with Gasteiger partial charge in [-0.3, -0.25) is 14.8 Å². The fourth-order valence-electron chi connectivity index (χ4n) is 4.17. The number of ether oxygens (including phenoxy) is 2. The zero-order valence-electron chi connectivity index (χ0n) is 21.0. The predicted molar refractivity (Wildman–Crippen MR) is 127 cm³/mol. The Labute approximate surface area is 205 Å². The Morgan fingerprint density at radius 2 is 1.57 bits per heavy atom. The number of alkyl halides is 3. The van der Waals surface area contributed by atoms with Crippen molar-refractivity contribution in [1.29, 1.82) is 0 Å². The van der Waals surface area contributed by atoms with Gasteiger partial charge < -0.3 is 9.47 Å². The first-order valence-corrected chi connectivity index (χ1v) is 11.8. The van der Waals surface area contributed by atoms with Gasteiger partial charge in [-0.25, -0.2) is 4.79 Å². The molecule has 0 atom stereocenters. The predicted octanol–water partition coefficient (Wildman–Crippen LogP) is 4.76. The summed E-state index contributed by atoms with van der Waals surface area (Å²) in [4.78, 5) is 20.8. The molecule has 3 rings (SSSR count). The highest BCUT2D eigenvalue weighted by Crippen LogP contribution is 2.30. The van der Waals surface area contributed by atoms with Crippen molar-refractivity contribution in [2.75, 3.05) is 32.8 Å². The first-order chi connectivity index (χ1) is 16.4. The van der Waals surface area contributed by atoms with Crippen molar-refractivity contribution in [2.45, 2.75) is 59.5 Å². The number of rotatable bonds is 8. The third-order valence-electron chi connectivity index (χ3n) is 6.05. The van der Waals surface area contributed by atoms with Gasteiger partial charge in [-0.05, 0) is 63.4 Å². The molecule has 1 aromatic heterocycles. The highest BCUT2D eigenvalue weighted by molar-refractivity contribution is 5.79. The smallest absolute Gasteiger partial charge is 0.417 e. The number of aromatic nitrogens is 1. The maximum atomic E-state index is 12.7. The normalized spacial score (nSPS) is 15.8. The lowest BCUT2D eigenvalue weighted by Gasteiger charge is -2.34. The van der Waals surface area contributed by atoms with E-state index in [1.807, 2.05) is 13.8 Å². The Morgan fingerprint density at radius 1 is 1.00 bits per heavy atom. The molecule has 35 heavy (non-hydrogen) atoms. The number of esters is 1. The third-order valence-corrected chi connectivity index (χ3v) is 6.05. The lowest BCUT2D eigenvalue weighted by atomic mass is 10.0. The molecule has 0 aliphatic carbocycles. The Morgan fingerprint density at radius 3 is 2.06 bits per heavy atom. The van der Waals surface area contributed by atoms with Crippen LogP contribution in [-0.4, -0.2) is 59.1 Å². The number of hydrogen-bond donors (Lipinski definition) is 0. The zero-order valence-corrected chi connectivity index (χ0v) is 21.0.